The molecule has 0 saturated heterocycles. The summed E-state index contributed by atoms with van der Waals surface area (Å²) in [6.45, 7) is 2.28. The lowest BCUT2D eigenvalue weighted by Gasteiger charge is -2.09. The second-order valence-electron chi connectivity index (χ2n) is 6.92. The second-order valence-corrected chi connectivity index (χ2v) is 6.92. The van der Waals surface area contributed by atoms with Gasteiger partial charge in [-0.2, -0.15) is 9.97 Å². The minimum absolute atomic E-state index is 0.0937. The molecule has 29 heavy (non-hydrogen) atoms. The molecule has 3 N–H and O–H groups in total. The Morgan fingerprint density at radius 3 is 2.69 bits per heavy atom. The van der Waals surface area contributed by atoms with Crippen molar-refractivity contribution in [1.29, 1.82) is 0 Å². The van der Waals surface area contributed by atoms with Gasteiger partial charge in [0.25, 0.3) is 0 Å². The van der Waals surface area contributed by atoms with Gasteiger partial charge in [0, 0.05) is 6.54 Å². The maximum Gasteiger partial charge on any atom is 0.226 e. The van der Waals surface area contributed by atoms with E-state index in [1.807, 2.05) is 18.2 Å². The summed E-state index contributed by atoms with van der Waals surface area (Å²) >= 11 is 0. The average molecular weight is 394 g/mol. The Balaban J connectivity index is 1.58. The van der Waals surface area contributed by atoms with E-state index in [4.69, 9.17) is 10.2 Å². The van der Waals surface area contributed by atoms with E-state index in [0.29, 0.717) is 35.2 Å². The first-order valence-electron chi connectivity index (χ1n) is 9.61. The second kappa shape index (κ2) is 8.30. The van der Waals surface area contributed by atoms with E-state index in [-0.39, 0.29) is 12.4 Å². The van der Waals surface area contributed by atoms with E-state index in [1.165, 1.54) is 12.5 Å². The molecule has 0 spiro atoms. The van der Waals surface area contributed by atoms with Crippen molar-refractivity contribution >= 4 is 22.9 Å². The summed E-state index contributed by atoms with van der Waals surface area (Å²) in [5.74, 6) is 1.66. The highest BCUT2D eigenvalue weighted by Crippen LogP contribution is 2.28. The summed E-state index contributed by atoms with van der Waals surface area (Å²) in [7, 11) is 0. The zero-order chi connectivity index (χ0) is 20.2. The lowest BCUT2D eigenvalue weighted by Crippen LogP contribution is -2.12. The molecule has 8 heteroatoms. The number of hydrogen-bond acceptors (Lipinski definition) is 6. The van der Waals surface area contributed by atoms with Gasteiger partial charge in [-0.15, -0.1) is 0 Å². The summed E-state index contributed by atoms with van der Waals surface area (Å²) in [6, 6.07) is 13.8. The van der Waals surface area contributed by atoms with Crippen molar-refractivity contribution in [3.63, 3.8) is 0 Å². The van der Waals surface area contributed by atoms with Gasteiger partial charge in [-0.3, -0.25) is 0 Å². The van der Waals surface area contributed by atoms with Gasteiger partial charge in [0.05, 0.1) is 12.8 Å². The standard InChI is InChI=1S/C21H23FN6O/c1-14(22)13-28-19(16-10-6-12-29-16)25-17-18(23)26-21(27-20(17)28)24-11-5-9-15-7-3-2-4-8-15/h2-4,6-8,10,12,14H,5,9,11,13H2,1H3,(H3,23,24,26,27). The van der Waals surface area contributed by atoms with Gasteiger partial charge in [-0.25, -0.2) is 9.37 Å². The smallest absolute Gasteiger partial charge is 0.226 e. The van der Waals surface area contributed by atoms with Crippen molar-refractivity contribution in [2.75, 3.05) is 17.6 Å². The van der Waals surface area contributed by atoms with Gasteiger partial charge >= 0.3 is 0 Å². The fraction of sp³-hybridized carbons (Fsp3) is 0.286. The first-order valence-corrected chi connectivity index (χ1v) is 9.61. The summed E-state index contributed by atoms with van der Waals surface area (Å²) in [6.07, 6.45) is 2.33. The summed E-state index contributed by atoms with van der Waals surface area (Å²) in [4.78, 5) is 13.4. The predicted octanol–water partition coefficient (Wildman–Crippen LogP) is 4.07. The normalized spacial score (nSPS) is 12.3. The third-order valence-electron chi connectivity index (χ3n) is 4.57. The monoisotopic (exact) mass is 394 g/mol. The maximum atomic E-state index is 13.9. The molecule has 3 aromatic heterocycles. The highest BCUT2D eigenvalue weighted by molar-refractivity contribution is 5.86. The number of nitrogens with one attached hydrogen (secondary N) is 1. The van der Waals surface area contributed by atoms with E-state index >= 15 is 0 Å². The van der Waals surface area contributed by atoms with E-state index in [2.05, 4.69) is 32.4 Å². The van der Waals surface area contributed by atoms with Crippen LogP contribution in [0.4, 0.5) is 16.2 Å². The number of nitrogens with two attached hydrogens (primary N) is 1. The number of fused-ring (bicyclic) bond motifs is 1. The summed E-state index contributed by atoms with van der Waals surface area (Å²) in [5.41, 5.74) is 8.33. The first kappa shape index (κ1) is 18.9. The Morgan fingerprint density at radius 2 is 1.97 bits per heavy atom. The molecule has 7 nitrogen and oxygen atoms in total. The Morgan fingerprint density at radius 1 is 1.14 bits per heavy atom. The van der Waals surface area contributed by atoms with Crippen molar-refractivity contribution < 1.29 is 8.81 Å². The van der Waals surface area contributed by atoms with Gasteiger partial charge < -0.3 is 20.0 Å². The number of hydrogen-bond donors (Lipinski definition) is 2. The zero-order valence-corrected chi connectivity index (χ0v) is 16.2. The minimum Gasteiger partial charge on any atom is -0.461 e. The fourth-order valence-electron chi connectivity index (χ4n) is 3.26. The van der Waals surface area contributed by atoms with Crippen LogP contribution in [-0.2, 0) is 13.0 Å². The van der Waals surface area contributed by atoms with Crippen LogP contribution in [0.5, 0.6) is 0 Å². The fourth-order valence-corrected chi connectivity index (χ4v) is 3.26. The van der Waals surface area contributed by atoms with E-state index in [0.717, 1.165) is 12.8 Å². The Labute approximate surface area is 167 Å². The molecule has 4 aromatic rings. The molecule has 0 aliphatic carbocycles. The minimum atomic E-state index is -1.08. The number of benzene rings is 1. The van der Waals surface area contributed by atoms with Gasteiger partial charge in [0.2, 0.25) is 5.95 Å². The van der Waals surface area contributed by atoms with Crippen LogP contribution in [-0.4, -0.2) is 32.2 Å². The number of halogens is 1. The predicted molar refractivity (Wildman–Crippen MR) is 111 cm³/mol. The number of furan rings is 1. The van der Waals surface area contributed by atoms with Gasteiger partial charge in [-0.05, 0) is 37.5 Å². The number of aryl methyl sites for hydroxylation is 1. The number of nitrogen functional groups attached to an aromatic ring is 1. The Hall–Kier alpha value is -3.42. The number of rotatable bonds is 8. The van der Waals surface area contributed by atoms with Crippen molar-refractivity contribution in [3.8, 4) is 11.6 Å². The Kier molecular flexibility index (Phi) is 5.41. The molecule has 1 atom stereocenters. The van der Waals surface area contributed by atoms with Crippen LogP contribution in [0, 0.1) is 0 Å². The lowest BCUT2D eigenvalue weighted by molar-refractivity contribution is 0.323. The molecule has 4 rings (SSSR count). The molecule has 0 saturated carbocycles. The van der Waals surface area contributed by atoms with Crippen LogP contribution >= 0.6 is 0 Å². The highest BCUT2D eigenvalue weighted by Gasteiger charge is 2.20. The van der Waals surface area contributed by atoms with Crippen molar-refractivity contribution in [2.24, 2.45) is 0 Å². The molecule has 0 aliphatic heterocycles. The topological polar surface area (TPSA) is 94.8 Å². The highest BCUT2D eigenvalue weighted by atomic mass is 19.1. The molecule has 1 aromatic carbocycles. The van der Waals surface area contributed by atoms with Crippen molar-refractivity contribution in [1.82, 2.24) is 19.5 Å². The maximum absolute atomic E-state index is 13.9. The first-order chi connectivity index (χ1) is 14.1. The van der Waals surface area contributed by atoms with Crippen molar-refractivity contribution in [2.45, 2.75) is 32.5 Å². The summed E-state index contributed by atoms with van der Waals surface area (Å²) < 4.78 is 21.0. The molecule has 150 valence electrons. The van der Waals surface area contributed by atoms with Crippen molar-refractivity contribution in [3.05, 3.63) is 54.3 Å². The molecule has 1 unspecified atom stereocenters. The number of nitrogens with zero attached hydrogens (tertiary/aromatic N) is 4. The molecular weight excluding hydrogens is 371 g/mol. The molecule has 3 heterocycles. The van der Waals surface area contributed by atoms with Gasteiger partial charge in [0.1, 0.15) is 6.17 Å². The molecule has 0 amide bonds. The molecular formula is C21H23FN6O. The van der Waals surface area contributed by atoms with Crippen LogP contribution in [0.25, 0.3) is 22.7 Å². The number of anilines is 2. The molecule has 0 aliphatic rings. The van der Waals surface area contributed by atoms with Crippen LogP contribution < -0.4 is 11.1 Å². The van der Waals surface area contributed by atoms with Gasteiger partial charge in [-0.1, -0.05) is 30.3 Å². The van der Waals surface area contributed by atoms with Crippen LogP contribution in [0.15, 0.2) is 53.1 Å². The molecule has 0 bridgehead atoms. The largest absolute Gasteiger partial charge is 0.461 e. The third kappa shape index (κ3) is 4.21. The number of alkyl halides is 1. The van der Waals surface area contributed by atoms with E-state index in [9.17, 15) is 4.39 Å². The molecule has 0 fully saturated rings. The number of aromatic nitrogens is 4. The average Bonchev–Trinajstić information content (AvgIpc) is 3.35. The molecule has 0 radical (unpaired) electrons. The van der Waals surface area contributed by atoms with E-state index < -0.39 is 6.17 Å². The quantitative estimate of drug-likeness (QED) is 0.438. The van der Waals surface area contributed by atoms with Crippen LogP contribution in [0.2, 0.25) is 0 Å². The van der Waals surface area contributed by atoms with Crippen LogP contribution in [0.3, 0.4) is 0 Å². The number of imidazole rings is 1. The zero-order valence-electron chi connectivity index (χ0n) is 16.2. The Bertz CT molecular complexity index is 1080. The lowest BCUT2D eigenvalue weighted by atomic mass is 10.1. The van der Waals surface area contributed by atoms with Gasteiger partial charge in [0.15, 0.2) is 28.6 Å². The van der Waals surface area contributed by atoms with Crippen LogP contribution in [0.1, 0.15) is 18.9 Å². The third-order valence-corrected chi connectivity index (χ3v) is 4.57. The summed E-state index contributed by atoms with van der Waals surface area (Å²) in [5, 5.41) is 3.21. The SMILES string of the molecule is CC(F)Cn1c(-c2ccco2)nc2c(N)nc(NCCCc3ccccc3)nc21. The van der Waals surface area contributed by atoms with E-state index in [1.54, 1.807) is 23.0 Å².